The van der Waals surface area contributed by atoms with Crippen molar-refractivity contribution in [2.45, 2.75) is 18.9 Å². The van der Waals surface area contributed by atoms with Crippen LogP contribution in [-0.2, 0) is 4.74 Å². The summed E-state index contributed by atoms with van der Waals surface area (Å²) >= 11 is 6.12. The smallest absolute Gasteiger partial charge is 0.269 e. The topological polar surface area (TPSA) is 87.2 Å². The molecule has 3 rings (SSSR count). The summed E-state index contributed by atoms with van der Waals surface area (Å²) in [6, 6.07) is 8.92. The number of halogens is 1. The average molecular weight is 350 g/mol. The number of ether oxygens (including phenoxy) is 1. The number of nitrogens with zero attached hydrogens (tertiary/aromatic N) is 1. The first-order valence-electron chi connectivity index (χ1n) is 7.98. The Labute approximate surface area is 145 Å². The van der Waals surface area contributed by atoms with Gasteiger partial charge in [-0.25, -0.2) is 0 Å². The molecule has 1 heterocycles. The first-order chi connectivity index (χ1) is 11.6. The SMILES string of the molecule is O=C(NCC(O)COCC1CC1)c1cc(-c2ccccc2Cl)n[nH]1. The molecule has 0 saturated heterocycles. The molecule has 2 aromatic rings. The largest absolute Gasteiger partial charge is 0.389 e. The number of amides is 1. The minimum Gasteiger partial charge on any atom is -0.389 e. The van der Waals surface area contributed by atoms with Crippen LogP contribution in [0.5, 0.6) is 0 Å². The Kier molecular flexibility index (Phi) is 5.50. The number of aromatic amines is 1. The normalized spacial score (nSPS) is 15.2. The van der Waals surface area contributed by atoms with Crippen molar-refractivity contribution in [3.8, 4) is 11.3 Å². The van der Waals surface area contributed by atoms with Crippen LogP contribution in [0.25, 0.3) is 11.3 Å². The van der Waals surface area contributed by atoms with Gasteiger partial charge < -0.3 is 15.2 Å². The Hall–Kier alpha value is -1.89. The van der Waals surface area contributed by atoms with Crippen LogP contribution in [0.15, 0.2) is 30.3 Å². The van der Waals surface area contributed by atoms with Gasteiger partial charge in [-0.2, -0.15) is 5.10 Å². The van der Waals surface area contributed by atoms with Gasteiger partial charge in [0.25, 0.3) is 5.91 Å². The van der Waals surface area contributed by atoms with E-state index in [1.165, 1.54) is 12.8 Å². The van der Waals surface area contributed by atoms with Crippen molar-refractivity contribution >= 4 is 17.5 Å². The third kappa shape index (κ3) is 4.56. The predicted octanol–water partition coefficient (Wildman–Crippen LogP) is 2.25. The molecule has 0 radical (unpaired) electrons. The molecule has 1 saturated carbocycles. The maximum absolute atomic E-state index is 12.1. The van der Waals surface area contributed by atoms with Crippen LogP contribution in [0.3, 0.4) is 0 Å². The highest BCUT2D eigenvalue weighted by molar-refractivity contribution is 6.33. The zero-order chi connectivity index (χ0) is 16.9. The molecule has 6 nitrogen and oxygen atoms in total. The zero-order valence-electron chi connectivity index (χ0n) is 13.2. The number of H-pyrrole nitrogens is 1. The lowest BCUT2D eigenvalue weighted by molar-refractivity contribution is 0.0320. The summed E-state index contributed by atoms with van der Waals surface area (Å²) in [6.07, 6.45) is 1.69. The Bertz CT molecular complexity index is 700. The highest BCUT2D eigenvalue weighted by atomic mass is 35.5. The van der Waals surface area contributed by atoms with E-state index in [0.717, 1.165) is 5.56 Å². The minimum absolute atomic E-state index is 0.129. The van der Waals surface area contributed by atoms with Gasteiger partial charge in [-0.3, -0.25) is 9.89 Å². The van der Waals surface area contributed by atoms with E-state index in [9.17, 15) is 9.90 Å². The van der Waals surface area contributed by atoms with E-state index in [1.807, 2.05) is 18.2 Å². The van der Waals surface area contributed by atoms with E-state index in [0.29, 0.717) is 28.9 Å². The lowest BCUT2D eigenvalue weighted by atomic mass is 10.1. The third-order valence-electron chi connectivity index (χ3n) is 3.83. The fraction of sp³-hybridized carbons (Fsp3) is 0.412. The van der Waals surface area contributed by atoms with E-state index in [-0.39, 0.29) is 19.1 Å². The first-order valence-corrected chi connectivity index (χ1v) is 8.35. The standard InChI is InChI=1S/C17H20ClN3O3/c18-14-4-2-1-3-13(14)15-7-16(21-20-15)17(23)19-8-12(22)10-24-9-11-5-6-11/h1-4,7,11-12,22H,5-6,8-10H2,(H,19,23)(H,20,21). The fourth-order valence-corrected chi connectivity index (χ4v) is 2.50. The number of aliphatic hydroxyl groups excluding tert-OH is 1. The summed E-state index contributed by atoms with van der Waals surface area (Å²) in [5, 5.41) is 19.8. The van der Waals surface area contributed by atoms with Crippen LogP contribution >= 0.6 is 11.6 Å². The highest BCUT2D eigenvalue weighted by Gasteiger charge is 2.21. The summed E-state index contributed by atoms with van der Waals surface area (Å²) in [7, 11) is 0. The molecule has 7 heteroatoms. The van der Waals surface area contributed by atoms with Gasteiger partial charge in [0.15, 0.2) is 0 Å². The maximum Gasteiger partial charge on any atom is 0.269 e. The van der Waals surface area contributed by atoms with E-state index in [2.05, 4.69) is 15.5 Å². The average Bonchev–Trinajstić information content (AvgIpc) is 3.27. The van der Waals surface area contributed by atoms with E-state index in [1.54, 1.807) is 12.1 Å². The van der Waals surface area contributed by atoms with Crippen LogP contribution in [0, 0.1) is 5.92 Å². The van der Waals surface area contributed by atoms with Crippen molar-refractivity contribution in [3.05, 3.63) is 41.0 Å². The summed E-state index contributed by atoms with van der Waals surface area (Å²) in [4.78, 5) is 12.1. The van der Waals surface area contributed by atoms with Crippen molar-refractivity contribution in [2.24, 2.45) is 5.92 Å². The van der Waals surface area contributed by atoms with Crippen LogP contribution < -0.4 is 5.32 Å². The second kappa shape index (κ2) is 7.79. The summed E-state index contributed by atoms with van der Waals surface area (Å²) < 4.78 is 5.40. The molecule has 1 aromatic carbocycles. The molecule has 0 bridgehead atoms. The fourth-order valence-electron chi connectivity index (χ4n) is 2.26. The molecule has 1 fully saturated rings. The number of carbonyl (C=O) groups is 1. The van der Waals surface area contributed by atoms with Gasteiger partial charge in [0.1, 0.15) is 5.69 Å². The van der Waals surface area contributed by atoms with E-state index < -0.39 is 6.10 Å². The van der Waals surface area contributed by atoms with Crippen molar-refractivity contribution in [1.29, 1.82) is 0 Å². The van der Waals surface area contributed by atoms with Crippen molar-refractivity contribution in [1.82, 2.24) is 15.5 Å². The van der Waals surface area contributed by atoms with Gasteiger partial charge in [0.05, 0.1) is 23.4 Å². The summed E-state index contributed by atoms with van der Waals surface area (Å²) in [5.41, 5.74) is 1.66. The van der Waals surface area contributed by atoms with Crippen LogP contribution in [0.1, 0.15) is 23.3 Å². The summed E-state index contributed by atoms with van der Waals surface area (Å²) in [6.45, 7) is 1.04. The van der Waals surface area contributed by atoms with Gasteiger partial charge in [-0.15, -0.1) is 0 Å². The van der Waals surface area contributed by atoms with Gasteiger partial charge in [0, 0.05) is 18.7 Å². The molecule has 1 amide bonds. The number of rotatable bonds is 8. The van der Waals surface area contributed by atoms with Gasteiger partial charge >= 0.3 is 0 Å². The van der Waals surface area contributed by atoms with Crippen LogP contribution in [-0.4, -0.2) is 47.1 Å². The second-order valence-electron chi connectivity index (χ2n) is 5.99. The van der Waals surface area contributed by atoms with Gasteiger partial charge in [0.2, 0.25) is 0 Å². The Morgan fingerprint density at radius 3 is 3.00 bits per heavy atom. The molecule has 1 aliphatic carbocycles. The molecule has 1 unspecified atom stereocenters. The predicted molar refractivity (Wildman–Crippen MR) is 90.9 cm³/mol. The van der Waals surface area contributed by atoms with E-state index >= 15 is 0 Å². The number of hydrogen-bond acceptors (Lipinski definition) is 4. The maximum atomic E-state index is 12.1. The molecule has 0 spiro atoms. The molecule has 1 aliphatic rings. The number of nitrogens with one attached hydrogen (secondary N) is 2. The van der Waals surface area contributed by atoms with Gasteiger partial charge in [-0.1, -0.05) is 29.8 Å². The van der Waals surface area contributed by atoms with E-state index in [4.69, 9.17) is 16.3 Å². The number of carbonyl (C=O) groups excluding carboxylic acids is 1. The molecule has 1 atom stereocenters. The summed E-state index contributed by atoms with van der Waals surface area (Å²) in [5.74, 6) is 0.321. The first kappa shape index (κ1) is 17.0. The zero-order valence-corrected chi connectivity index (χ0v) is 13.9. The quantitative estimate of drug-likeness (QED) is 0.682. The molecule has 128 valence electrons. The molecule has 1 aromatic heterocycles. The monoisotopic (exact) mass is 349 g/mol. The molecule has 3 N–H and O–H groups in total. The number of aliphatic hydroxyl groups is 1. The Morgan fingerprint density at radius 1 is 1.46 bits per heavy atom. The van der Waals surface area contributed by atoms with Gasteiger partial charge in [-0.05, 0) is 30.9 Å². The molecule has 0 aliphatic heterocycles. The van der Waals surface area contributed by atoms with Crippen molar-refractivity contribution < 1.29 is 14.6 Å². The third-order valence-corrected chi connectivity index (χ3v) is 4.16. The minimum atomic E-state index is -0.723. The molecule has 24 heavy (non-hydrogen) atoms. The Balaban J connectivity index is 1.49. The lowest BCUT2D eigenvalue weighted by Gasteiger charge is -2.11. The second-order valence-corrected chi connectivity index (χ2v) is 6.40. The van der Waals surface area contributed by atoms with Crippen molar-refractivity contribution in [3.63, 3.8) is 0 Å². The lowest BCUT2D eigenvalue weighted by Crippen LogP contribution is -2.34. The molecular formula is C17H20ClN3O3. The molecular weight excluding hydrogens is 330 g/mol. The van der Waals surface area contributed by atoms with Crippen molar-refractivity contribution in [2.75, 3.05) is 19.8 Å². The Morgan fingerprint density at radius 2 is 2.25 bits per heavy atom. The number of aromatic nitrogens is 2. The van der Waals surface area contributed by atoms with Crippen LogP contribution in [0.2, 0.25) is 5.02 Å². The van der Waals surface area contributed by atoms with Crippen LogP contribution in [0.4, 0.5) is 0 Å². The number of benzene rings is 1. The number of hydrogen-bond donors (Lipinski definition) is 3. The highest BCUT2D eigenvalue weighted by Crippen LogP contribution is 2.28.